The molecule has 0 unspecified atom stereocenters. The Labute approximate surface area is 123 Å². The number of anilines is 2. The molecule has 1 N–H and O–H groups in total. The number of hydrogen-bond donors (Lipinski definition) is 1. The molecular weight excluding hydrogens is 266 g/mol. The van der Waals surface area contributed by atoms with Crippen molar-refractivity contribution in [1.29, 1.82) is 0 Å². The summed E-state index contributed by atoms with van der Waals surface area (Å²) in [5, 5.41) is 3.54. The van der Waals surface area contributed by atoms with E-state index in [4.69, 9.17) is 0 Å². The van der Waals surface area contributed by atoms with Crippen LogP contribution in [0.5, 0.6) is 0 Å². The van der Waals surface area contributed by atoms with Gasteiger partial charge in [0.25, 0.3) is 0 Å². The summed E-state index contributed by atoms with van der Waals surface area (Å²) in [6.07, 6.45) is 4.05. The third kappa shape index (κ3) is 4.59. The van der Waals surface area contributed by atoms with Crippen LogP contribution in [0, 0.1) is 0 Å². The number of nitrogens with one attached hydrogen (secondary N) is 1. The number of thioether (sulfide) groups is 1. The molecule has 0 aliphatic heterocycles. The molecule has 0 fully saturated rings. The van der Waals surface area contributed by atoms with E-state index < -0.39 is 0 Å². The first-order valence-electron chi connectivity index (χ1n) is 6.47. The monoisotopic (exact) mass is 283 g/mol. The largest absolute Gasteiger partial charge is 0.355 e. The second kappa shape index (κ2) is 7.56. The minimum atomic E-state index is 0.144. The maximum atomic E-state index is 10.9. The van der Waals surface area contributed by atoms with Crippen molar-refractivity contribution < 1.29 is 4.79 Å². The van der Waals surface area contributed by atoms with E-state index in [1.54, 1.807) is 6.92 Å². The second-order valence-electron chi connectivity index (χ2n) is 4.28. The number of para-hydroxylation sites is 2. The molecule has 102 valence electrons. The zero-order valence-corrected chi connectivity index (χ0v) is 12.2. The van der Waals surface area contributed by atoms with Gasteiger partial charge in [0.1, 0.15) is 0 Å². The van der Waals surface area contributed by atoms with Crippen molar-refractivity contribution in [3.63, 3.8) is 0 Å². The lowest BCUT2D eigenvalue weighted by Gasteiger charge is -2.09. The lowest BCUT2D eigenvalue weighted by molar-refractivity contribution is -0.109. The third-order valence-corrected chi connectivity index (χ3v) is 3.46. The van der Waals surface area contributed by atoms with Crippen molar-refractivity contribution in [3.8, 4) is 0 Å². The van der Waals surface area contributed by atoms with Gasteiger partial charge in [0.15, 0.2) is 5.12 Å². The van der Waals surface area contributed by atoms with E-state index in [-0.39, 0.29) is 5.12 Å². The highest BCUT2D eigenvalue weighted by atomic mass is 32.2. The second-order valence-corrected chi connectivity index (χ2v) is 5.48. The number of benzene rings is 2. The summed E-state index contributed by atoms with van der Waals surface area (Å²) in [6.45, 7) is 1.59. The van der Waals surface area contributed by atoms with Gasteiger partial charge in [0.2, 0.25) is 0 Å². The summed E-state index contributed by atoms with van der Waals surface area (Å²) in [7, 11) is 0. The highest BCUT2D eigenvalue weighted by Crippen LogP contribution is 2.21. The molecule has 2 nitrogen and oxygen atoms in total. The minimum absolute atomic E-state index is 0.144. The molecule has 0 spiro atoms. The molecular formula is C17H17NOS. The fraction of sp³-hybridized carbons (Fsp3) is 0.118. The molecule has 0 saturated heterocycles. The molecule has 0 saturated carbocycles. The maximum absolute atomic E-state index is 10.9. The van der Waals surface area contributed by atoms with Gasteiger partial charge in [-0.05, 0) is 23.8 Å². The number of carbonyl (C=O) groups is 1. The molecule has 0 aromatic heterocycles. The summed E-state index contributed by atoms with van der Waals surface area (Å²) in [4.78, 5) is 10.9. The van der Waals surface area contributed by atoms with Crippen molar-refractivity contribution >= 4 is 34.3 Å². The Kier molecular flexibility index (Phi) is 5.44. The average Bonchev–Trinajstić information content (AvgIpc) is 2.46. The summed E-state index contributed by atoms with van der Waals surface area (Å²) in [6, 6.07) is 18.2. The Morgan fingerprint density at radius 3 is 2.55 bits per heavy atom. The lowest BCUT2D eigenvalue weighted by Crippen LogP contribution is -1.92. The number of rotatable bonds is 5. The quantitative estimate of drug-likeness (QED) is 0.860. The van der Waals surface area contributed by atoms with Crippen LogP contribution in [0.15, 0.2) is 60.7 Å². The van der Waals surface area contributed by atoms with Gasteiger partial charge in [-0.15, -0.1) is 0 Å². The molecule has 0 aliphatic carbocycles. The minimum Gasteiger partial charge on any atom is -0.355 e. The van der Waals surface area contributed by atoms with Crippen molar-refractivity contribution in [3.05, 3.63) is 66.2 Å². The highest BCUT2D eigenvalue weighted by Gasteiger charge is 1.99. The molecule has 0 amide bonds. The molecule has 20 heavy (non-hydrogen) atoms. The first-order chi connectivity index (χ1) is 9.75. The molecule has 0 heterocycles. The Morgan fingerprint density at radius 1 is 1.10 bits per heavy atom. The van der Waals surface area contributed by atoms with Crippen LogP contribution in [0.3, 0.4) is 0 Å². The molecule has 0 aliphatic rings. The fourth-order valence-corrected chi connectivity index (χ4v) is 2.20. The summed E-state index contributed by atoms with van der Waals surface area (Å²) < 4.78 is 0. The van der Waals surface area contributed by atoms with Crippen LogP contribution in [0.2, 0.25) is 0 Å². The van der Waals surface area contributed by atoms with Gasteiger partial charge in [0, 0.05) is 24.1 Å². The normalized spacial score (nSPS) is 10.7. The summed E-state index contributed by atoms with van der Waals surface area (Å²) in [5.41, 5.74) is 3.23. The molecule has 2 aromatic carbocycles. The SMILES string of the molecule is CC(=O)SCC=Cc1ccccc1Nc1ccccc1. The van der Waals surface area contributed by atoms with Crippen LogP contribution in [0.4, 0.5) is 11.4 Å². The molecule has 0 radical (unpaired) electrons. The number of hydrogen-bond acceptors (Lipinski definition) is 3. The highest BCUT2D eigenvalue weighted by molar-refractivity contribution is 8.13. The zero-order chi connectivity index (χ0) is 14.2. The predicted octanol–water partition coefficient (Wildman–Crippen LogP) is 4.72. The molecule has 2 rings (SSSR count). The third-order valence-electron chi connectivity index (χ3n) is 2.69. The topological polar surface area (TPSA) is 29.1 Å². The van der Waals surface area contributed by atoms with Crippen LogP contribution in [-0.2, 0) is 4.79 Å². The van der Waals surface area contributed by atoms with E-state index in [1.165, 1.54) is 11.8 Å². The lowest BCUT2D eigenvalue weighted by atomic mass is 10.1. The van der Waals surface area contributed by atoms with Crippen LogP contribution in [0.25, 0.3) is 6.08 Å². The van der Waals surface area contributed by atoms with Gasteiger partial charge >= 0.3 is 0 Å². The molecule has 0 atom stereocenters. The van der Waals surface area contributed by atoms with E-state index in [0.717, 1.165) is 16.9 Å². The van der Waals surface area contributed by atoms with Crippen molar-refractivity contribution in [1.82, 2.24) is 0 Å². The van der Waals surface area contributed by atoms with Crippen LogP contribution in [-0.4, -0.2) is 10.9 Å². The van der Waals surface area contributed by atoms with E-state index >= 15 is 0 Å². The first kappa shape index (κ1) is 14.4. The van der Waals surface area contributed by atoms with E-state index in [0.29, 0.717) is 5.75 Å². The van der Waals surface area contributed by atoms with Gasteiger partial charge in [-0.3, -0.25) is 4.79 Å². The average molecular weight is 283 g/mol. The van der Waals surface area contributed by atoms with Gasteiger partial charge < -0.3 is 5.32 Å². The summed E-state index contributed by atoms with van der Waals surface area (Å²) in [5.74, 6) is 0.703. The molecule has 2 aromatic rings. The van der Waals surface area contributed by atoms with Gasteiger partial charge in [-0.2, -0.15) is 0 Å². The standard InChI is InChI=1S/C17H17NOS/c1-14(19)20-13-7-9-15-8-5-6-12-17(15)18-16-10-3-2-4-11-16/h2-12,18H,13H2,1H3. The van der Waals surface area contributed by atoms with E-state index in [1.807, 2.05) is 60.7 Å². The Bertz CT molecular complexity index is 593. The van der Waals surface area contributed by atoms with Crippen molar-refractivity contribution in [2.75, 3.05) is 11.1 Å². The summed E-state index contributed by atoms with van der Waals surface area (Å²) >= 11 is 1.31. The molecule has 0 bridgehead atoms. The van der Waals surface area contributed by atoms with Crippen molar-refractivity contribution in [2.45, 2.75) is 6.92 Å². The number of carbonyl (C=O) groups excluding carboxylic acids is 1. The van der Waals surface area contributed by atoms with Gasteiger partial charge in [0.05, 0.1) is 0 Å². The van der Waals surface area contributed by atoms with Crippen LogP contribution < -0.4 is 5.32 Å². The van der Waals surface area contributed by atoms with Crippen LogP contribution in [0.1, 0.15) is 12.5 Å². The Hall–Kier alpha value is -2.00. The van der Waals surface area contributed by atoms with Gasteiger partial charge in [-0.1, -0.05) is 60.3 Å². The first-order valence-corrected chi connectivity index (χ1v) is 7.45. The van der Waals surface area contributed by atoms with Crippen LogP contribution >= 0.6 is 11.8 Å². The Balaban J connectivity index is 2.08. The van der Waals surface area contributed by atoms with Crippen molar-refractivity contribution in [2.24, 2.45) is 0 Å². The molecule has 3 heteroatoms. The van der Waals surface area contributed by atoms with Gasteiger partial charge in [-0.25, -0.2) is 0 Å². The smallest absolute Gasteiger partial charge is 0.186 e. The van der Waals surface area contributed by atoms with E-state index in [2.05, 4.69) is 11.4 Å². The zero-order valence-electron chi connectivity index (χ0n) is 11.4. The maximum Gasteiger partial charge on any atom is 0.186 e. The Morgan fingerprint density at radius 2 is 1.80 bits per heavy atom. The predicted molar refractivity (Wildman–Crippen MR) is 88.3 cm³/mol. The van der Waals surface area contributed by atoms with E-state index in [9.17, 15) is 4.79 Å². The fourth-order valence-electron chi connectivity index (χ4n) is 1.77.